The number of benzene rings is 1. The van der Waals surface area contributed by atoms with Gasteiger partial charge in [-0.3, -0.25) is 9.59 Å². The highest BCUT2D eigenvalue weighted by Crippen LogP contribution is 2.38. The number of aliphatic carboxylic acids is 1. The molecule has 0 radical (unpaired) electrons. The lowest BCUT2D eigenvalue weighted by molar-refractivity contribution is -0.142. The summed E-state index contributed by atoms with van der Waals surface area (Å²) in [5.41, 5.74) is 0.671. The van der Waals surface area contributed by atoms with Crippen LogP contribution in [0.25, 0.3) is 10.1 Å². The standard InChI is InChI=1S/C15H13BrO3S/c16-12-6-2-4-9-11(7-20-14(9)12)13(17)8-3-1-5-10(8)15(18)19/h2,4,6-8,10H,1,3,5H2,(H,18,19). The molecule has 0 spiro atoms. The Labute approximate surface area is 128 Å². The van der Waals surface area contributed by atoms with Crippen molar-refractivity contribution in [3.05, 3.63) is 33.6 Å². The van der Waals surface area contributed by atoms with E-state index in [4.69, 9.17) is 0 Å². The highest BCUT2D eigenvalue weighted by atomic mass is 79.9. The van der Waals surface area contributed by atoms with Crippen LogP contribution in [-0.2, 0) is 4.79 Å². The van der Waals surface area contributed by atoms with Crippen LogP contribution in [-0.4, -0.2) is 16.9 Å². The molecule has 0 saturated heterocycles. The van der Waals surface area contributed by atoms with Crippen LogP contribution in [0.3, 0.4) is 0 Å². The molecule has 1 aromatic heterocycles. The average Bonchev–Trinajstić information content (AvgIpc) is 3.05. The predicted molar refractivity (Wildman–Crippen MR) is 82.3 cm³/mol. The number of carbonyl (C=O) groups is 2. The van der Waals surface area contributed by atoms with Crippen LogP contribution in [0.15, 0.2) is 28.1 Å². The highest BCUT2D eigenvalue weighted by molar-refractivity contribution is 9.10. The van der Waals surface area contributed by atoms with Gasteiger partial charge in [-0.15, -0.1) is 11.3 Å². The lowest BCUT2D eigenvalue weighted by Crippen LogP contribution is -2.25. The topological polar surface area (TPSA) is 54.4 Å². The summed E-state index contributed by atoms with van der Waals surface area (Å²) >= 11 is 5.01. The van der Waals surface area contributed by atoms with Crippen LogP contribution < -0.4 is 0 Å². The molecule has 1 heterocycles. The number of carboxylic acids is 1. The van der Waals surface area contributed by atoms with E-state index in [0.29, 0.717) is 18.4 Å². The first-order valence-corrected chi connectivity index (χ1v) is 8.19. The molecule has 0 aliphatic heterocycles. The van der Waals surface area contributed by atoms with E-state index in [2.05, 4.69) is 15.9 Å². The zero-order chi connectivity index (χ0) is 14.3. The van der Waals surface area contributed by atoms with E-state index in [9.17, 15) is 14.7 Å². The zero-order valence-corrected chi connectivity index (χ0v) is 13.0. The SMILES string of the molecule is O=C(O)C1CCCC1C(=O)c1csc2c(Br)cccc12. The van der Waals surface area contributed by atoms with Gasteiger partial charge in [-0.05, 0) is 34.8 Å². The number of hydrogen-bond acceptors (Lipinski definition) is 3. The third kappa shape index (κ3) is 2.19. The van der Waals surface area contributed by atoms with Crippen LogP contribution in [0.5, 0.6) is 0 Å². The van der Waals surface area contributed by atoms with Crippen molar-refractivity contribution in [2.75, 3.05) is 0 Å². The second-order valence-electron chi connectivity index (χ2n) is 5.11. The van der Waals surface area contributed by atoms with E-state index >= 15 is 0 Å². The number of halogens is 1. The third-order valence-corrected chi connectivity index (χ3v) is 5.94. The van der Waals surface area contributed by atoms with Gasteiger partial charge in [0.05, 0.1) is 5.92 Å². The molecule has 3 rings (SSSR count). The minimum absolute atomic E-state index is 0.0146. The van der Waals surface area contributed by atoms with Crippen molar-refractivity contribution in [1.29, 1.82) is 0 Å². The second kappa shape index (κ2) is 5.30. The number of Topliss-reactive ketones (excluding diaryl/α,β-unsaturated/α-hetero) is 1. The van der Waals surface area contributed by atoms with E-state index in [1.54, 1.807) is 0 Å². The number of thiophene rings is 1. The van der Waals surface area contributed by atoms with Crippen LogP contribution in [0.4, 0.5) is 0 Å². The van der Waals surface area contributed by atoms with Crippen molar-refractivity contribution in [3.8, 4) is 0 Å². The van der Waals surface area contributed by atoms with Gasteiger partial charge >= 0.3 is 5.97 Å². The van der Waals surface area contributed by atoms with Crippen LogP contribution >= 0.6 is 27.3 Å². The van der Waals surface area contributed by atoms with Crippen LogP contribution in [0, 0.1) is 11.8 Å². The predicted octanol–water partition coefficient (Wildman–Crippen LogP) is 4.35. The number of rotatable bonds is 3. The van der Waals surface area contributed by atoms with Gasteiger partial charge in [0.25, 0.3) is 0 Å². The molecule has 104 valence electrons. The van der Waals surface area contributed by atoms with Gasteiger partial charge in [-0.25, -0.2) is 0 Å². The minimum atomic E-state index is -0.846. The zero-order valence-electron chi connectivity index (χ0n) is 10.6. The van der Waals surface area contributed by atoms with E-state index in [1.165, 1.54) is 11.3 Å². The Bertz CT molecular complexity index is 691. The fourth-order valence-electron chi connectivity index (χ4n) is 2.98. The summed E-state index contributed by atoms with van der Waals surface area (Å²) in [7, 11) is 0. The molecule has 1 saturated carbocycles. The molecule has 0 amide bonds. The van der Waals surface area contributed by atoms with Gasteiger partial charge in [0.1, 0.15) is 0 Å². The molecular formula is C15H13BrO3S. The van der Waals surface area contributed by atoms with E-state index in [0.717, 1.165) is 21.0 Å². The van der Waals surface area contributed by atoms with E-state index in [1.807, 2.05) is 23.6 Å². The molecule has 2 atom stereocenters. The number of carboxylic acid groups (broad SMARTS) is 1. The van der Waals surface area contributed by atoms with Gasteiger partial charge in [0.2, 0.25) is 0 Å². The second-order valence-corrected chi connectivity index (χ2v) is 6.85. The molecule has 1 aliphatic carbocycles. The molecule has 2 aromatic rings. The smallest absolute Gasteiger partial charge is 0.307 e. The van der Waals surface area contributed by atoms with Crippen molar-refractivity contribution in [2.45, 2.75) is 19.3 Å². The molecule has 5 heteroatoms. The summed E-state index contributed by atoms with van der Waals surface area (Å²) in [6.45, 7) is 0. The first-order chi connectivity index (χ1) is 9.59. The number of hydrogen-bond donors (Lipinski definition) is 1. The fourth-order valence-corrected chi connectivity index (χ4v) is 4.59. The largest absolute Gasteiger partial charge is 0.481 e. The quantitative estimate of drug-likeness (QED) is 0.835. The Hall–Kier alpha value is -1.20. The summed E-state index contributed by atoms with van der Waals surface area (Å²) in [4.78, 5) is 23.9. The van der Waals surface area contributed by atoms with Crippen molar-refractivity contribution in [3.63, 3.8) is 0 Å². The van der Waals surface area contributed by atoms with Crippen molar-refractivity contribution in [2.24, 2.45) is 11.8 Å². The maximum atomic E-state index is 12.7. The molecule has 2 unspecified atom stereocenters. The van der Waals surface area contributed by atoms with Crippen molar-refractivity contribution in [1.82, 2.24) is 0 Å². The lowest BCUT2D eigenvalue weighted by Gasteiger charge is -2.13. The summed E-state index contributed by atoms with van der Waals surface area (Å²) in [5, 5.41) is 12.0. The maximum Gasteiger partial charge on any atom is 0.307 e. The van der Waals surface area contributed by atoms with Crippen LogP contribution in [0.1, 0.15) is 29.6 Å². The molecule has 0 bridgehead atoms. The fraction of sp³-hybridized carbons (Fsp3) is 0.333. The van der Waals surface area contributed by atoms with Gasteiger partial charge in [-0.1, -0.05) is 18.6 Å². The number of ketones is 1. The number of fused-ring (bicyclic) bond motifs is 1. The average molecular weight is 353 g/mol. The van der Waals surface area contributed by atoms with Gasteiger partial charge < -0.3 is 5.11 Å². The molecule has 1 aromatic carbocycles. The lowest BCUT2D eigenvalue weighted by atomic mass is 9.88. The summed E-state index contributed by atoms with van der Waals surface area (Å²) in [6, 6.07) is 5.77. The molecule has 1 N–H and O–H groups in total. The normalized spacial score (nSPS) is 22.2. The number of carbonyl (C=O) groups excluding carboxylic acids is 1. The first kappa shape index (κ1) is 13.8. The Morgan fingerprint density at radius 2 is 2.00 bits per heavy atom. The Kier molecular flexibility index (Phi) is 3.65. The van der Waals surface area contributed by atoms with Gasteiger partial charge in [0.15, 0.2) is 5.78 Å². The van der Waals surface area contributed by atoms with Gasteiger partial charge in [-0.2, -0.15) is 0 Å². The Balaban J connectivity index is 2.01. The summed E-state index contributed by atoms with van der Waals surface area (Å²) in [6.07, 6.45) is 2.11. The molecule has 1 aliphatic rings. The molecule has 3 nitrogen and oxygen atoms in total. The van der Waals surface area contributed by atoms with Gasteiger partial charge in [0, 0.05) is 31.4 Å². The van der Waals surface area contributed by atoms with Crippen molar-refractivity contribution < 1.29 is 14.7 Å². The first-order valence-electron chi connectivity index (χ1n) is 6.52. The Morgan fingerprint density at radius 3 is 2.75 bits per heavy atom. The maximum absolute atomic E-state index is 12.7. The molecule has 1 fully saturated rings. The Morgan fingerprint density at radius 1 is 1.25 bits per heavy atom. The van der Waals surface area contributed by atoms with Crippen LogP contribution in [0.2, 0.25) is 0 Å². The van der Waals surface area contributed by atoms with E-state index in [-0.39, 0.29) is 11.7 Å². The van der Waals surface area contributed by atoms with E-state index < -0.39 is 11.9 Å². The molecule has 20 heavy (non-hydrogen) atoms. The van der Waals surface area contributed by atoms with Crippen molar-refractivity contribution >= 4 is 49.1 Å². The molecular weight excluding hydrogens is 340 g/mol. The third-order valence-electron chi connectivity index (χ3n) is 3.99. The monoisotopic (exact) mass is 352 g/mol. The highest BCUT2D eigenvalue weighted by Gasteiger charge is 2.38. The minimum Gasteiger partial charge on any atom is -0.481 e. The summed E-state index contributed by atoms with van der Waals surface area (Å²) < 4.78 is 2.01. The summed E-state index contributed by atoms with van der Waals surface area (Å²) in [5.74, 6) is -1.75.